The number of aromatic nitrogens is 1. The molecule has 6 nitrogen and oxygen atoms in total. The number of hydrogen-bond donors (Lipinski definition) is 1. The van der Waals surface area contributed by atoms with Gasteiger partial charge in [-0.15, -0.1) is 0 Å². The minimum atomic E-state index is -0.760. The third-order valence-electron chi connectivity index (χ3n) is 5.28. The van der Waals surface area contributed by atoms with E-state index in [0.717, 1.165) is 31.9 Å². The molecule has 0 bridgehead atoms. The number of amides is 4. The fourth-order valence-electron chi connectivity index (χ4n) is 3.62. The van der Waals surface area contributed by atoms with Crippen LogP contribution >= 0.6 is 15.9 Å². The van der Waals surface area contributed by atoms with E-state index in [0.29, 0.717) is 12.2 Å². The Morgan fingerprint density at radius 1 is 0.968 bits per heavy atom. The number of halogens is 1. The molecule has 4 rings (SSSR count). The largest absolute Gasteiger partial charge is 0.344 e. The first kappa shape index (κ1) is 20.8. The lowest BCUT2D eigenvalue weighted by molar-refractivity contribution is -0.122. The fraction of sp³-hybridized carbons (Fsp3) is 0.125. The van der Waals surface area contributed by atoms with E-state index in [9.17, 15) is 14.4 Å². The molecule has 156 valence electrons. The molecule has 0 radical (unpaired) electrons. The summed E-state index contributed by atoms with van der Waals surface area (Å²) in [6, 6.07) is 18.0. The van der Waals surface area contributed by atoms with Gasteiger partial charge in [-0.25, -0.2) is 9.69 Å². The number of nitrogens with one attached hydrogen (secondary N) is 1. The SMILES string of the molecule is Cc1cc(/C=C2\C(=O)NC(=O)N(c3ccc(Br)cc3)C2=O)c(C)n1Cc1ccccc1. The van der Waals surface area contributed by atoms with E-state index in [1.165, 1.54) is 0 Å². The number of nitrogens with zero attached hydrogens (tertiary/aromatic N) is 2. The summed E-state index contributed by atoms with van der Waals surface area (Å²) in [6.07, 6.45) is 1.56. The molecular formula is C24H20BrN3O3. The number of anilines is 1. The summed E-state index contributed by atoms with van der Waals surface area (Å²) < 4.78 is 2.95. The number of benzene rings is 2. The molecule has 3 aromatic rings. The van der Waals surface area contributed by atoms with E-state index in [1.807, 2.05) is 38.1 Å². The van der Waals surface area contributed by atoms with Crippen LogP contribution in [0.1, 0.15) is 22.5 Å². The molecule has 1 aliphatic rings. The first-order valence-electron chi connectivity index (χ1n) is 9.73. The van der Waals surface area contributed by atoms with Gasteiger partial charge in [0.1, 0.15) is 5.57 Å². The van der Waals surface area contributed by atoms with Crippen LogP contribution < -0.4 is 10.2 Å². The molecule has 4 amide bonds. The van der Waals surface area contributed by atoms with Crippen LogP contribution in [-0.4, -0.2) is 22.4 Å². The van der Waals surface area contributed by atoms with Crippen molar-refractivity contribution in [3.63, 3.8) is 0 Å². The minimum absolute atomic E-state index is 0.0810. The molecule has 0 spiro atoms. The van der Waals surface area contributed by atoms with Crippen LogP contribution in [-0.2, 0) is 16.1 Å². The zero-order chi connectivity index (χ0) is 22.1. The zero-order valence-electron chi connectivity index (χ0n) is 17.1. The summed E-state index contributed by atoms with van der Waals surface area (Å²) in [4.78, 5) is 38.9. The summed E-state index contributed by atoms with van der Waals surface area (Å²) in [5, 5.41) is 2.26. The van der Waals surface area contributed by atoms with Gasteiger partial charge in [0.15, 0.2) is 0 Å². The number of imide groups is 2. The third-order valence-corrected chi connectivity index (χ3v) is 5.81. The second-order valence-electron chi connectivity index (χ2n) is 7.33. The van der Waals surface area contributed by atoms with Crippen molar-refractivity contribution in [1.29, 1.82) is 0 Å². The average Bonchev–Trinajstić information content (AvgIpc) is 3.00. The Balaban J connectivity index is 1.69. The van der Waals surface area contributed by atoms with Crippen LogP contribution in [0, 0.1) is 13.8 Å². The predicted octanol–water partition coefficient (Wildman–Crippen LogP) is 4.58. The van der Waals surface area contributed by atoms with Crippen LogP contribution in [0.25, 0.3) is 6.08 Å². The smallest absolute Gasteiger partial charge is 0.335 e. The molecule has 2 heterocycles. The van der Waals surface area contributed by atoms with Gasteiger partial charge in [-0.3, -0.25) is 14.9 Å². The van der Waals surface area contributed by atoms with Gasteiger partial charge in [-0.2, -0.15) is 0 Å². The highest BCUT2D eigenvalue weighted by Crippen LogP contribution is 2.25. The normalized spacial score (nSPS) is 15.5. The highest BCUT2D eigenvalue weighted by Gasteiger charge is 2.37. The topological polar surface area (TPSA) is 71.4 Å². The monoisotopic (exact) mass is 477 g/mol. The number of urea groups is 1. The van der Waals surface area contributed by atoms with Gasteiger partial charge in [0, 0.05) is 22.4 Å². The Morgan fingerprint density at radius 2 is 1.65 bits per heavy atom. The molecule has 1 fully saturated rings. The van der Waals surface area contributed by atoms with E-state index < -0.39 is 17.8 Å². The van der Waals surface area contributed by atoms with Crippen molar-refractivity contribution < 1.29 is 14.4 Å². The van der Waals surface area contributed by atoms with E-state index in [-0.39, 0.29) is 5.57 Å². The Morgan fingerprint density at radius 3 is 2.32 bits per heavy atom. The molecule has 1 saturated heterocycles. The number of aryl methyl sites for hydroxylation is 1. The lowest BCUT2D eigenvalue weighted by Crippen LogP contribution is -2.54. The van der Waals surface area contributed by atoms with E-state index in [1.54, 1.807) is 30.3 Å². The van der Waals surface area contributed by atoms with Crippen molar-refractivity contribution in [2.45, 2.75) is 20.4 Å². The quantitative estimate of drug-likeness (QED) is 0.441. The number of carbonyl (C=O) groups excluding carboxylic acids is 3. The lowest BCUT2D eigenvalue weighted by Gasteiger charge is -2.26. The summed E-state index contributed by atoms with van der Waals surface area (Å²) >= 11 is 3.33. The summed E-state index contributed by atoms with van der Waals surface area (Å²) in [5.41, 5.74) is 4.17. The van der Waals surface area contributed by atoms with Crippen LogP contribution in [0.5, 0.6) is 0 Å². The zero-order valence-corrected chi connectivity index (χ0v) is 18.6. The molecule has 31 heavy (non-hydrogen) atoms. The molecule has 1 aromatic heterocycles. The highest BCUT2D eigenvalue weighted by atomic mass is 79.9. The van der Waals surface area contributed by atoms with E-state index >= 15 is 0 Å². The third kappa shape index (κ3) is 4.09. The summed E-state index contributed by atoms with van der Waals surface area (Å²) in [5.74, 6) is -1.35. The molecule has 0 atom stereocenters. The van der Waals surface area contributed by atoms with Crippen molar-refractivity contribution >= 4 is 45.5 Å². The molecule has 1 aliphatic heterocycles. The number of carbonyl (C=O) groups is 3. The number of barbiturate groups is 1. The number of rotatable bonds is 4. The van der Waals surface area contributed by atoms with Crippen molar-refractivity contribution in [2.75, 3.05) is 4.90 Å². The Labute approximate surface area is 188 Å². The summed E-state index contributed by atoms with van der Waals surface area (Å²) in [6.45, 7) is 4.62. The Hall–Kier alpha value is -3.45. The Bertz CT molecular complexity index is 1210. The molecule has 7 heteroatoms. The summed E-state index contributed by atoms with van der Waals surface area (Å²) in [7, 11) is 0. The predicted molar refractivity (Wildman–Crippen MR) is 123 cm³/mol. The molecule has 2 aromatic carbocycles. The molecular weight excluding hydrogens is 458 g/mol. The minimum Gasteiger partial charge on any atom is -0.344 e. The first-order chi connectivity index (χ1) is 14.8. The van der Waals surface area contributed by atoms with Gasteiger partial charge in [0.25, 0.3) is 11.8 Å². The maximum atomic E-state index is 13.1. The number of hydrogen-bond acceptors (Lipinski definition) is 3. The molecule has 0 saturated carbocycles. The maximum absolute atomic E-state index is 13.1. The second-order valence-corrected chi connectivity index (χ2v) is 8.25. The first-order valence-corrected chi connectivity index (χ1v) is 10.5. The van der Waals surface area contributed by atoms with Crippen LogP contribution in [0.2, 0.25) is 0 Å². The van der Waals surface area contributed by atoms with Gasteiger partial charge in [-0.1, -0.05) is 46.3 Å². The van der Waals surface area contributed by atoms with Gasteiger partial charge in [0.2, 0.25) is 0 Å². The lowest BCUT2D eigenvalue weighted by atomic mass is 10.1. The maximum Gasteiger partial charge on any atom is 0.335 e. The van der Waals surface area contributed by atoms with Gasteiger partial charge < -0.3 is 4.57 Å². The molecule has 0 unspecified atom stereocenters. The van der Waals surface area contributed by atoms with Crippen LogP contribution in [0.3, 0.4) is 0 Å². The average molecular weight is 478 g/mol. The van der Waals surface area contributed by atoms with Crippen LogP contribution in [0.4, 0.5) is 10.5 Å². The Kier molecular flexibility index (Phi) is 5.61. The fourth-order valence-corrected chi connectivity index (χ4v) is 3.89. The van der Waals surface area contributed by atoms with Crippen molar-refractivity contribution in [1.82, 2.24) is 9.88 Å². The van der Waals surface area contributed by atoms with Gasteiger partial charge in [-0.05, 0) is 61.4 Å². The van der Waals surface area contributed by atoms with Gasteiger partial charge >= 0.3 is 6.03 Å². The van der Waals surface area contributed by atoms with Crippen molar-refractivity contribution in [2.24, 2.45) is 0 Å². The van der Waals surface area contributed by atoms with Crippen molar-refractivity contribution in [3.05, 3.63) is 93.2 Å². The highest BCUT2D eigenvalue weighted by molar-refractivity contribution is 9.10. The van der Waals surface area contributed by atoms with Crippen LogP contribution in [0.15, 0.2) is 70.7 Å². The van der Waals surface area contributed by atoms with E-state index in [4.69, 9.17) is 0 Å². The van der Waals surface area contributed by atoms with Gasteiger partial charge in [0.05, 0.1) is 5.69 Å². The molecule has 0 aliphatic carbocycles. The van der Waals surface area contributed by atoms with Crippen molar-refractivity contribution in [3.8, 4) is 0 Å². The molecule has 1 N–H and O–H groups in total. The second kappa shape index (κ2) is 8.35. The standard InChI is InChI=1S/C24H20BrN3O3/c1-15-12-18(16(2)27(15)14-17-6-4-3-5-7-17)13-21-22(29)26-24(31)28(23(21)30)20-10-8-19(25)9-11-20/h3-13H,14H2,1-2H3,(H,26,29,31)/b21-13+. The van der Waals surface area contributed by atoms with E-state index in [2.05, 4.69) is 37.9 Å².